The van der Waals surface area contributed by atoms with Gasteiger partial charge >= 0.3 is 0 Å². The lowest BCUT2D eigenvalue weighted by Gasteiger charge is -2.36. The van der Waals surface area contributed by atoms with E-state index in [1.807, 2.05) is 74.5 Å². The maximum Gasteiger partial charge on any atom is 0.251 e. The van der Waals surface area contributed by atoms with Crippen molar-refractivity contribution in [1.29, 1.82) is 0 Å². The van der Waals surface area contributed by atoms with Gasteiger partial charge in [-0.3, -0.25) is 14.4 Å². The third-order valence-corrected chi connectivity index (χ3v) is 9.05. The van der Waals surface area contributed by atoms with Crippen molar-refractivity contribution in [3.63, 3.8) is 0 Å². The first-order valence-corrected chi connectivity index (χ1v) is 16.7. The summed E-state index contributed by atoms with van der Waals surface area (Å²) >= 11 is 0. The molecule has 8 heteroatoms. The minimum absolute atomic E-state index is 0.0485. The number of hydrogen-bond acceptors (Lipinski definition) is 5. The van der Waals surface area contributed by atoms with Crippen molar-refractivity contribution in [2.75, 3.05) is 0 Å². The van der Waals surface area contributed by atoms with Crippen molar-refractivity contribution >= 4 is 17.7 Å². The van der Waals surface area contributed by atoms with Gasteiger partial charge in [-0.2, -0.15) is 0 Å². The molecule has 3 unspecified atom stereocenters. The summed E-state index contributed by atoms with van der Waals surface area (Å²) in [7, 11) is 0. The van der Waals surface area contributed by atoms with Gasteiger partial charge in [0.05, 0.1) is 12.1 Å². The molecule has 1 aliphatic carbocycles. The van der Waals surface area contributed by atoms with Crippen LogP contribution in [0.25, 0.3) is 0 Å². The first-order valence-electron chi connectivity index (χ1n) is 16.7. The smallest absolute Gasteiger partial charge is 0.251 e. The molecule has 46 heavy (non-hydrogen) atoms. The number of ether oxygens (including phenoxy) is 1. The molecule has 1 fully saturated rings. The van der Waals surface area contributed by atoms with E-state index < -0.39 is 18.2 Å². The SMILES string of the molecule is CCC(C)[C@H](NC(C)=O)C(=O)NC(C[C@H](O)C(Cc1ccccc1)NC(=O)c1cccc(Oc2ccccc2)c1)C1CCCCC1. The predicted molar refractivity (Wildman–Crippen MR) is 181 cm³/mol. The summed E-state index contributed by atoms with van der Waals surface area (Å²) in [4.78, 5) is 39.2. The quantitative estimate of drug-likeness (QED) is 0.160. The van der Waals surface area contributed by atoms with Crippen LogP contribution in [0.15, 0.2) is 84.9 Å². The highest BCUT2D eigenvalue weighted by Gasteiger charge is 2.34. The number of aliphatic hydroxyl groups is 1. The number of para-hydroxylation sites is 1. The van der Waals surface area contributed by atoms with Crippen LogP contribution in [-0.4, -0.2) is 47.1 Å². The van der Waals surface area contributed by atoms with Gasteiger partial charge in [-0.15, -0.1) is 0 Å². The Bertz CT molecular complexity index is 1390. The Balaban J connectivity index is 1.54. The molecule has 0 radical (unpaired) electrons. The minimum Gasteiger partial charge on any atom is -0.457 e. The monoisotopic (exact) mass is 627 g/mol. The number of carbonyl (C=O) groups excluding carboxylic acids is 3. The third-order valence-electron chi connectivity index (χ3n) is 9.05. The fraction of sp³-hybridized carbons (Fsp3) is 0.447. The van der Waals surface area contributed by atoms with Crippen LogP contribution in [0.4, 0.5) is 0 Å². The fourth-order valence-corrected chi connectivity index (χ4v) is 6.25. The second kappa shape index (κ2) is 17.5. The van der Waals surface area contributed by atoms with Crippen molar-refractivity contribution in [2.45, 2.75) is 96.4 Å². The van der Waals surface area contributed by atoms with Crippen LogP contribution in [0.3, 0.4) is 0 Å². The number of benzene rings is 3. The average Bonchev–Trinajstić information content (AvgIpc) is 3.07. The highest BCUT2D eigenvalue weighted by atomic mass is 16.5. The van der Waals surface area contributed by atoms with Gasteiger partial charge in [0.1, 0.15) is 17.5 Å². The van der Waals surface area contributed by atoms with E-state index >= 15 is 0 Å². The molecule has 0 bridgehead atoms. The topological polar surface area (TPSA) is 117 Å². The van der Waals surface area contributed by atoms with Crippen LogP contribution in [0.2, 0.25) is 0 Å². The van der Waals surface area contributed by atoms with Gasteiger partial charge in [-0.25, -0.2) is 0 Å². The molecule has 3 amide bonds. The van der Waals surface area contributed by atoms with E-state index in [4.69, 9.17) is 4.74 Å². The Morgan fingerprint density at radius 1 is 0.848 bits per heavy atom. The molecule has 0 saturated heterocycles. The van der Waals surface area contributed by atoms with Crippen molar-refractivity contribution in [3.8, 4) is 11.5 Å². The van der Waals surface area contributed by atoms with E-state index in [2.05, 4.69) is 16.0 Å². The Labute approximate surface area is 273 Å². The molecule has 5 atom stereocenters. The van der Waals surface area contributed by atoms with Crippen LogP contribution in [0.1, 0.15) is 81.6 Å². The predicted octanol–water partition coefficient (Wildman–Crippen LogP) is 6.19. The van der Waals surface area contributed by atoms with Crippen LogP contribution in [0.5, 0.6) is 11.5 Å². The largest absolute Gasteiger partial charge is 0.457 e. The zero-order valence-electron chi connectivity index (χ0n) is 27.3. The molecular weight excluding hydrogens is 578 g/mol. The molecule has 3 aromatic rings. The van der Waals surface area contributed by atoms with Gasteiger partial charge in [0, 0.05) is 18.5 Å². The van der Waals surface area contributed by atoms with Crippen molar-refractivity contribution < 1.29 is 24.2 Å². The fourth-order valence-electron chi connectivity index (χ4n) is 6.25. The van der Waals surface area contributed by atoms with Gasteiger partial charge < -0.3 is 25.8 Å². The molecular formula is C38H49N3O5. The average molecular weight is 628 g/mol. The molecule has 1 saturated carbocycles. The Kier molecular flexibility index (Phi) is 13.2. The van der Waals surface area contributed by atoms with Gasteiger partial charge in [0.2, 0.25) is 11.8 Å². The van der Waals surface area contributed by atoms with Crippen LogP contribution < -0.4 is 20.7 Å². The number of amides is 3. The Morgan fingerprint density at radius 3 is 2.15 bits per heavy atom. The number of rotatable bonds is 15. The van der Waals surface area contributed by atoms with E-state index in [1.54, 1.807) is 24.3 Å². The highest BCUT2D eigenvalue weighted by Crippen LogP contribution is 2.30. The number of hydrogen-bond donors (Lipinski definition) is 4. The molecule has 0 spiro atoms. The molecule has 0 aromatic heterocycles. The Hall–Kier alpha value is -4.17. The van der Waals surface area contributed by atoms with Crippen molar-refractivity contribution in [3.05, 3.63) is 96.1 Å². The second-order valence-corrected chi connectivity index (χ2v) is 12.6. The second-order valence-electron chi connectivity index (χ2n) is 12.6. The molecule has 0 aliphatic heterocycles. The van der Waals surface area contributed by atoms with E-state index in [-0.39, 0.29) is 42.0 Å². The third kappa shape index (κ3) is 10.4. The normalized spacial score (nSPS) is 16.7. The summed E-state index contributed by atoms with van der Waals surface area (Å²) in [6.07, 6.45) is 5.69. The maximum atomic E-state index is 13.6. The molecule has 4 N–H and O–H groups in total. The lowest BCUT2D eigenvalue weighted by atomic mass is 9.80. The number of nitrogens with one attached hydrogen (secondary N) is 3. The molecule has 0 heterocycles. The molecule has 8 nitrogen and oxygen atoms in total. The zero-order chi connectivity index (χ0) is 32.9. The number of carbonyl (C=O) groups is 3. The van der Waals surface area contributed by atoms with E-state index in [9.17, 15) is 19.5 Å². The molecule has 4 rings (SSSR count). The molecule has 3 aromatic carbocycles. The van der Waals surface area contributed by atoms with E-state index in [1.165, 1.54) is 6.92 Å². The minimum atomic E-state index is -0.942. The van der Waals surface area contributed by atoms with Crippen molar-refractivity contribution in [1.82, 2.24) is 16.0 Å². The standard InChI is InChI=1S/C38H49N3O5/c1-4-26(2)36(39-27(3)42)38(45)40-33(29-17-10-6-11-18-29)25-35(43)34(23-28-15-8-5-9-16-28)41-37(44)30-19-14-22-32(24-30)46-31-20-12-7-13-21-31/h5,7-9,12-16,19-22,24,26,29,33-36,43H,4,6,10-11,17-18,23,25H2,1-3H3,(H,39,42)(H,40,45)(H,41,44)/t26?,33?,34?,35-,36-/m0/s1. The summed E-state index contributed by atoms with van der Waals surface area (Å²) in [6.45, 7) is 5.37. The van der Waals surface area contributed by atoms with E-state index in [0.717, 1.165) is 44.1 Å². The lowest BCUT2D eigenvalue weighted by Crippen LogP contribution is -2.55. The summed E-state index contributed by atoms with van der Waals surface area (Å²) in [6, 6.07) is 24.5. The summed E-state index contributed by atoms with van der Waals surface area (Å²) in [5, 5.41) is 21.0. The first-order chi connectivity index (χ1) is 22.2. The summed E-state index contributed by atoms with van der Waals surface area (Å²) in [5.41, 5.74) is 1.40. The summed E-state index contributed by atoms with van der Waals surface area (Å²) in [5.74, 6) is 0.551. The molecule has 246 valence electrons. The van der Waals surface area contributed by atoms with Crippen molar-refractivity contribution in [2.24, 2.45) is 11.8 Å². The first kappa shape index (κ1) is 34.7. The molecule has 1 aliphatic rings. The Morgan fingerprint density at radius 2 is 1.50 bits per heavy atom. The zero-order valence-corrected chi connectivity index (χ0v) is 27.3. The van der Waals surface area contributed by atoms with E-state index in [0.29, 0.717) is 23.5 Å². The maximum absolute atomic E-state index is 13.6. The van der Waals surface area contributed by atoms with Gasteiger partial charge in [-0.05, 0) is 73.4 Å². The van der Waals surface area contributed by atoms with Gasteiger partial charge in [0.15, 0.2) is 0 Å². The lowest BCUT2D eigenvalue weighted by molar-refractivity contribution is -0.130. The van der Waals surface area contributed by atoms with Crippen LogP contribution in [-0.2, 0) is 16.0 Å². The summed E-state index contributed by atoms with van der Waals surface area (Å²) < 4.78 is 5.95. The van der Waals surface area contributed by atoms with Crippen LogP contribution >= 0.6 is 0 Å². The van der Waals surface area contributed by atoms with Crippen LogP contribution in [0, 0.1) is 11.8 Å². The number of aliphatic hydroxyl groups excluding tert-OH is 1. The van der Waals surface area contributed by atoms with Gasteiger partial charge in [0.25, 0.3) is 5.91 Å². The van der Waals surface area contributed by atoms with Gasteiger partial charge in [-0.1, -0.05) is 94.1 Å². The highest BCUT2D eigenvalue weighted by molar-refractivity contribution is 5.94.